The summed E-state index contributed by atoms with van der Waals surface area (Å²) in [5, 5.41) is 19.9. The Bertz CT molecular complexity index is 1050. The van der Waals surface area contributed by atoms with E-state index >= 15 is 0 Å². The van der Waals surface area contributed by atoms with E-state index in [0.29, 0.717) is 23.3 Å². The van der Waals surface area contributed by atoms with Crippen LogP contribution in [-0.2, 0) is 6.54 Å². The second kappa shape index (κ2) is 9.03. The third kappa shape index (κ3) is 4.72. The first kappa shape index (κ1) is 19.4. The van der Waals surface area contributed by atoms with Gasteiger partial charge in [0, 0.05) is 11.3 Å². The van der Waals surface area contributed by atoms with Gasteiger partial charge in [0.05, 0.1) is 12.6 Å². The Morgan fingerprint density at radius 2 is 1.52 bits per heavy atom. The van der Waals surface area contributed by atoms with Crippen LogP contribution in [0.4, 0.5) is 4.39 Å². The topological polar surface area (TPSA) is 50.9 Å². The van der Waals surface area contributed by atoms with Gasteiger partial charge >= 0.3 is 0 Å². The minimum Gasteiger partial charge on any atom is -0.388 e. The first-order chi connectivity index (χ1) is 14.2. The Labute approximate surface area is 173 Å². The van der Waals surface area contributed by atoms with Crippen LogP contribution in [0.2, 0.25) is 0 Å². The van der Waals surface area contributed by atoms with Crippen molar-refractivity contribution in [3.8, 4) is 11.4 Å². The molecule has 0 aliphatic rings. The molecule has 0 saturated heterocycles. The van der Waals surface area contributed by atoms with Crippen LogP contribution in [0, 0.1) is 5.82 Å². The lowest BCUT2D eigenvalue weighted by molar-refractivity contribution is 0.204. The van der Waals surface area contributed by atoms with Gasteiger partial charge in [-0.25, -0.2) is 4.39 Å². The minimum absolute atomic E-state index is 0.288. The number of rotatable bonds is 7. The molecule has 0 spiro atoms. The van der Waals surface area contributed by atoms with Gasteiger partial charge in [0.2, 0.25) is 0 Å². The van der Waals surface area contributed by atoms with Gasteiger partial charge in [0.15, 0.2) is 11.0 Å². The lowest BCUT2D eigenvalue weighted by Gasteiger charge is -2.13. The molecule has 146 valence electrons. The number of nitrogens with zero attached hydrogens (tertiary/aromatic N) is 3. The van der Waals surface area contributed by atoms with E-state index in [1.807, 2.05) is 65.2 Å². The average Bonchev–Trinajstić information content (AvgIpc) is 3.16. The number of hydrogen-bond donors (Lipinski definition) is 1. The van der Waals surface area contributed by atoms with E-state index in [0.717, 1.165) is 16.7 Å². The van der Waals surface area contributed by atoms with Crippen molar-refractivity contribution in [3.05, 3.63) is 102 Å². The van der Waals surface area contributed by atoms with Crippen LogP contribution in [0.1, 0.15) is 17.2 Å². The molecule has 0 bridgehead atoms. The number of hydrogen-bond acceptors (Lipinski definition) is 4. The van der Waals surface area contributed by atoms with E-state index in [9.17, 15) is 9.50 Å². The van der Waals surface area contributed by atoms with Crippen molar-refractivity contribution in [1.29, 1.82) is 0 Å². The minimum atomic E-state index is -0.600. The molecular formula is C23H20FN3OS. The Hall–Kier alpha value is -2.96. The molecule has 0 saturated carbocycles. The fourth-order valence-corrected chi connectivity index (χ4v) is 3.95. The summed E-state index contributed by atoms with van der Waals surface area (Å²) in [6.45, 7) is 0.588. The lowest BCUT2D eigenvalue weighted by atomic mass is 10.1. The molecule has 1 N–H and O–H groups in total. The van der Waals surface area contributed by atoms with Gasteiger partial charge in [-0.05, 0) is 35.4 Å². The number of aliphatic hydroxyl groups is 1. The summed E-state index contributed by atoms with van der Waals surface area (Å²) in [6.07, 6.45) is -0.600. The zero-order chi connectivity index (χ0) is 20.1. The van der Waals surface area contributed by atoms with Gasteiger partial charge < -0.3 is 5.11 Å². The average molecular weight is 405 g/mol. The summed E-state index contributed by atoms with van der Waals surface area (Å²) in [4.78, 5) is 0. The Morgan fingerprint density at radius 1 is 0.862 bits per heavy atom. The Balaban J connectivity index is 1.61. The van der Waals surface area contributed by atoms with Crippen LogP contribution in [0.15, 0.2) is 90.1 Å². The summed E-state index contributed by atoms with van der Waals surface area (Å²) >= 11 is 1.45. The monoisotopic (exact) mass is 405 g/mol. The molecule has 0 aliphatic heterocycles. The van der Waals surface area contributed by atoms with Gasteiger partial charge in [-0.2, -0.15) is 0 Å². The molecule has 1 aromatic heterocycles. The van der Waals surface area contributed by atoms with Crippen molar-refractivity contribution in [2.24, 2.45) is 0 Å². The molecular weight excluding hydrogens is 385 g/mol. The third-order valence-electron chi connectivity index (χ3n) is 4.56. The zero-order valence-electron chi connectivity index (χ0n) is 15.6. The molecule has 1 atom stereocenters. The van der Waals surface area contributed by atoms with Crippen molar-refractivity contribution in [2.75, 3.05) is 5.75 Å². The highest BCUT2D eigenvalue weighted by atomic mass is 32.2. The predicted octanol–water partition coefficient (Wildman–Crippen LogP) is 4.96. The highest BCUT2D eigenvalue weighted by Crippen LogP contribution is 2.28. The van der Waals surface area contributed by atoms with E-state index in [1.165, 1.54) is 23.9 Å². The molecule has 0 unspecified atom stereocenters. The number of aliphatic hydroxyl groups excluding tert-OH is 1. The van der Waals surface area contributed by atoms with Crippen molar-refractivity contribution < 1.29 is 9.50 Å². The van der Waals surface area contributed by atoms with Crippen molar-refractivity contribution in [1.82, 2.24) is 14.8 Å². The second-order valence-electron chi connectivity index (χ2n) is 6.62. The summed E-state index contributed by atoms with van der Waals surface area (Å²) in [5.41, 5.74) is 2.78. The molecule has 4 nitrogen and oxygen atoms in total. The maximum absolute atomic E-state index is 13.4. The van der Waals surface area contributed by atoms with Crippen LogP contribution in [0.25, 0.3) is 11.4 Å². The van der Waals surface area contributed by atoms with Gasteiger partial charge in [-0.3, -0.25) is 4.57 Å². The highest BCUT2D eigenvalue weighted by molar-refractivity contribution is 7.99. The van der Waals surface area contributed by atoms with Crippen LogP contribution in [-0.4, -0.2) is 25.6 Å². The van der Waals surface area contributed by atoms with Gasteiger partial charge in [-0.1, -0.05) is 72.4 Å². The van der Waals surface area contributed by atoms with Crippen LogP contribution < -0.4 is 0 Å². The number of halogens is 1. The summed E-state index contributed by atoms with van der Waals surface area (Å²) in [6, 6.07) is 25.8. The van der Waals surface area contributed by atoms with Gasteiger partial charge in [0.1, 0.15) is 5.82 Å². The molecule has 3 aromatic carbocycles. The second-order valence-corrected chi connectivity index (χ2v) is 7.61. The van der Waals surface area contributed by atoms with Crippen molar-refractivity contribution >= 4 is 11.8 Å². The van der Waals surface area contributed by atoms with Crippen LogP contribution in [0.5, 0.6) is 0 Å². The molecule has 4 aromatic rings. The first-order valence-corrected chi connectivity index (χ1v) is 10.3. The standard InChI is InChI=1S/C23H20FN3OS/c24-20-13-11-19(12-14-20)22-25-26-23(27(22)15-17-7-3-1-4-8-17)29-16-21(28)18-9-5-2-6-10-18/h1-14,21,28H,15-16H2/t21-/m1/s1. The zero-order valence-corrected chi connectivity index (χ0v) is 16.5. The maximum Gasteiger partial charge on any atom is 0.191 e. The maximum atomic E-state index is 13.4. The Kier molecular flexibility index (Phi) is 6.03. The smallest absolute Gasteiger partial charge is 0.191 e. The summed E-state index contributed by atoms with van der Waals surface area (Å²) < 4.78 is 15.4. The van der Waals surface area contributed by atoms with Gasteiger partial charge in [0.25, 0.3) is 0 Å². The van der Waals surface area contributed by atoms with E-state index in [1.54, 1.807) is 12.1 Å². The fourth-order valence-electron chi connectivity index (χ4n) is 3.04. The van der Waals surface area contributed by atoms with Crippen molar-refractivity contribution in [3.63, 3.8) is 0 Å². The van der Waals surface area contributed by atoms with E-state index in [4.69, 9.17) is 0 Å². The van der Waals surface area contributed by atoms with E-state index in [2.05, 4.69) is 10.2 Å². The van der Waals surface area contributed by atoms with E-state index < -0.39 is 6.10 Å². The van der Waals surface area contributed by atoms with Crippen LogP contribution >= 0.6 is 11.8 Å². The predicted molar refractivity (Wildman–Crippen MR) is 113 cm³/mol. The molecule has 4 rings (SSSR count). The van der Waals surface area contributed by atoms with Gasteiger partial charge in [-0.15, -0.1) is 10.2 Å². The third-order valence-corrected chi connectivity index (χ3v) is 5.60. The molecule has 0 amide bonds. The molecule has 6 heteroatoms. The number of aromatic nitrogens is 3. The largest absolute Gasteiger partial charge is 0.388 e. The lowest BCUT2D eigenvalue weighted by Crippen LogP contribution is -2.06. The van der Waals surface area contributed by atoms with E-state index in [-0.39, 0.29) is 5.82 Å². The molecule has 0 fully saturated rings. The van der Waals surface area contributed by atoms with Crippen LogP contribution in [0.3, 0.4) is 0 Å². The quantitative estimate of drug-likeness (QED) is 0.442. The number of thioether (sulfide) groups is 1. The fraction of sp³-hybridized carbons (Fsp3) is 0.130. The highest BCUT2D eigenvalue weighted by Gasteiger charge is 2.17. The summed E-state index contributed by atoms with van der Waals surface area (Å²) in [7, 11) is 0. The molecule has 0 aliphatic carbocycles. The Morgan fingerprint density at radius 3 is 2.21 bits per heavy atom. The summed E-state index contributed by atoms with van der Waals surface area (Å²) in [5.74, 6) is 0.842. The normalized spacial score (nSPS) is 12.1. The van der Waals surface area contributed by atoms with Crippen molar-refractivity contribution in [2.45, 2.75) is 17.8 Å². The molecule has 29 heavy (non-hydrogen) atoms. The first-order valence-electron chi connectivity index (χ1n) is 9.29. The SMILES string of the molecule is O[C@H](CSc1nnc(-c2ccc(F)cc2)n1Cc1ccccc1)c1ccccc1. The number of benzene rings is 3. The molecule has 1 heterocycles. The molecule has 0 radical (unpaired) electrons.